The van der Waals surface area contributed by atoms with Crippen LogP contribution in [0.1, 0.15) is 40.7 Å². The maximum atomic E-state index is 12.1. The third kappa shape index (κ3) is 3.92. The molecule has 0 amide bonds. The zero-order chi connectivity index (χ0) is 20.4. The van der Waals surface area contributed by atoms with Gasteiger partial charge in [0.05, 0.1) is 19.3 Å². The van der Waals surface area contributed by atoms with Gasteiger partial charge in [-0.25, -0.2) is 9.59 Å². The quantitative estimate of drug-likeness (QED) is 0.657. The van der Waals surface area contributed by atoms with Gasteiger partial charge in [0.2, 0.25) is 0 Å². The molecule has 152 valence electrons. The number of rotatable bonds is 7. The van der Waals surface area contributed by atoms with Crippen molar-refractivity contribution in [1.82, 2.24) is 0 Å². The molecule has 0 spiro atoms. The van der Waals surface area contributed by atoms with Crippen molar-refractivity contribution in [1.29, 1.82) is 0 Å². The van der Waals surface area contributed by atoms with Crippen molar-refractivity contribution in [2.24, 2.45) is 5.92 Å². The molecular formula is C23H24O6. The summed E-state index contributed by atoms with van der Waals surface area (Å²) in [7, 11) is 1.57. The number of fused-ring (bicyclic) bond motifs is 1. The molecule has 0 radical (unpaired) electrons. The van der Waals surface area contributed by atoms with E-state index in [9.17, 15) is 9.59 Å². The van der Waals surface area contributed by atoms with Gasteiger partial charge < -0.3 is 18.9 Å². The van der Waals surface area contributed by atoms with Gasteiger partial charge in [-0.15, -0.1) is 0 Å². The molecule has 0 N–H and O–H groups in total. The lowest BCUT2D eigenvalue weighted by Crippen LogP contribution is -2.23. The van der Waals surface area contributed by atoms with Gasteiger partial charge in [-0.1, -0.05) is 24.6 Å². The first-order chi connectivity index (χ1) is 14.1. The standard InChI is InChI=1S/C23H24O6/c1-14-6-8-18(16-7-9-19-17(10-16)12-29-23(19)25)22(21(14)26-2)28-13-20(24)27-11-15-4-3-5-15/h6-10,15H,3-5,11-13H2,1-2H3. The summed E-state index contributed by atoms with van der Waals surface area (Å²) in [4.78, 5) is 23.9. The van der Waals surface area contributed by atoms with Gasteiger partial charge in [-0.3, -0.25) is 0 Å². The summed E-state index contributed by atoms with van der Waals surface area (Å²) in [5.41, 5.74) is 3.95. The summed E-state index contributed by atoms with van der Waals surface area (Å²) in [5, 5.41) is 0. The van der Waals surface area contributed by atoms with Crippen molar-refractivity contribution in [3.8, 4) is 22.6 Å². The fourth-order valence-corrected chi connectivity index (χ4v) is 3.63. The SMILES string of the molecule is COc1c(C)ccc(-c2ccc3c(c2)COC3=O)c1OCC(=O)OCC1CCC1. The maximum Gasteiger partial charge on any atom is 0.344 e. The molecule has 0 unspecified atom stereocenters. The van der Waals surface area contributed by atoms with Crippen LogP contribution in [0.3, 0.4) is 0 Å². The fraction of sp³-hybridized carbons (Fsp3) is 0.391. The number of hydrogen-bond donors (Lipinski definition) is 0. The number of carbonyl (C=O) groups excluding carboxylic acids is 2. The first-order valence-electron chi connectivity index (χ1n) is 9.83. The molecule has 1 saturated carbocycles. The minimum absolute atomic E-state index is 0.188. The Morgan fingerprint density at radius 3 is 2.66 bits per heavy atom. The minimum atomic E-state index is -0.389. The Labute approximate surface area is 169 Å². The molecule has 6 nitrogen and oxygen atoms in total. The van der Waals surface area contributed by atoms with E-state index in [-0.39, 0.29) is 25.2 Å². The molecule has 4 rings (SSSR count). The van der Waals surface area contributed by atoms with E-state index < -0.39 is 0 Å². The van der Waals surface area contributed by atoms with Crippen LogP contribution in [0.2, 0.25) is 0 Å². The predicted octanol–water partition coefficient (Wildman–Crippen LogP) is 4.06. The number of ether oxygens (including phenoxy) is 4. The van der Waals surface area contributed by atoms with Crippen LogP contribution in [0.4, 0.5) is 0 Å². The number of benzene rings is 2. The van der Waals surface area contributed by atoms with Crippen LogP contribution in [-0.2, 0) is 20.9 Å². The average molecular weight is 396 g/mol. The number of cyclic esters (lactones) is 1. The number of esters is 2. The van der Waals surface area contributed by atoms with Crippen LogP contribution in [-0.4, -0.2) is 32.3 Å². The molecule has 29 heavy (non-hydrogen) atoms. The van der Waals surface area contributed by atoms with E-state index >= 15 is 0 Å². The Bertz CT molecular complexity index is 945. The lowest BCUT2D eigenvalue weighted by molar-refractivity contribution is -0.148. The number of hydrogen-bond acceptors (Lipinski definition) is 6. The molecule has 1 fully saturated rings. The largest absolute Gasteiger partial charge is 0.493 e. The van der Waals surface area contributed by atoms with Crippen LogP contribution in [0.5, 0.6) is 11.5 Å². The van der Waals surface area contributed by atoms with E-state index in [0.29, 0.717) is 29.6 Å². The van der Waals surface area contributed by atoms with Gasteiger partial charge in [0.25, 0.3) is 0 Å². The molecule has 0 bridgehead atoms. The highest BCUT2D eigenvalue weighted by atomic mass is 16.6. The van der Waals surface area contributed by atoms with Crippen LogP contribution < -0.4 is 9.47 Å². The molecule has 2 aromatic carbocycles. The second kappa shape index (κ2) is 8.15. The van der Waals surface area contributed by atoms with Crippen LogP contribution in [0, 0.1) is 12.8 Å². The van der Waals surface area contributed by atoms with E-state index in [4.69, 9.17) is 18.9 Å². The molecule has 1 aliphatic heterocycles. The Kier molecular flexibility index (Phi) is 5.43. The van der Waals surface area contributed by atoms with E-state index in [1.165, 1.54) is 6.42 Å². The van der Waals surface area contributed by atoms with Gasteiger partial charge in [0.1, 0.15) is 6.61 Å². The van der Waals surface area contributed by atoms with Crippen LogP contribution in [0.25, 0.3) is 11.1 Å². The third-order valence-corrected chi connectivity index (χ3v) is 5.55. The first-order valence-corrected chi connectivity index (χ1v) is 9.83. The molecule has 2 aromatic rings. The topological polar surface area (TPSA) is 71.1 Å². The number of methoxy groups -OCH3 is 1. The molecular weight excluding hydrogens is 372 g/mol. The smallest absolute Gasteiger partial charge is 0.344 e. The van der Waals surface area contributed by atoms with Crippen LogP contribution >= 0.6 is 0 Å². The van der Waals surface area contributed by atoms with Gasteiger partial charge in [0.15, 0.2) is 18.1 Å². The van der Waals surface area contributed by atoms with Gasteiger partial charge in [-0.05, 0) is 48.9 Å². The Hall–Kier alpha value is -3.02. The van der Waals surface area contributed by atoms with Crippen molar-refractivity contribution in [3.63, 3.8) is 0 Å². The van der Waals surface area contributed by atoms with Gasteiger partial charge in [-0.2, -0.15) is 0 Å². The second-order valence-corrected chi connectivity index (χ2v) is 7.51. The molecule has 1 aliphatic carbocycles. The van der Waals surface area contributed by atoms with E-state index in [0.717, 1.165) is 35.1 Å². The van der Waals surface area contributed by atoms with Gasteiger partial charge in [0, 0.05) is 11.1 Å². The summed E-state index contributed by atoms with van der Waals surface area (Å²) in [6.07, 6.45) is 3.45. The first kappa shape index (κ1) is 19.3. The predicted molar refractivity (Wildman–Crippen MR) is 106 cm³/mol. The molecule has 0 saturated heterocycles. The van der Waals surface area contributed by atoms with Crippen molar-refractivity contribution < 1.29 is 28.5 Å². The average Bonchev–Trinajstić information content (AvgIpc) is 3.05. The summed E-state index contributed by atoms with van der Waals surface area (Å²) >= 11 is 0. The summed E-state index contributed by atoms with van der Waals surface area (Å²) in [5.74, 6) is 0.845. The highest BCUT2D eigenvalue weighted by Crippen LogP contribution is 2.41. The molecule has 0 aromatic heterocycles. The van der Waals surface area contributed by atoms with Crippen molar-refractivity contribution in [2.45, 2.75) is 32.8 Å². The third-order valence-electron chi connectivity index (χ3n) is 5.55. The highest BCUT2D eigenvalue weighted by Gasteiger charge is 2.24. The Morgan fingerprint density at radius 2 is 1.93 bits per heavy atom. The number of aryl methyl sites for hydroxylation is 1. The summed E-state index contributed by atoms with van der Waals surface area (Å²) in [6.45, 7) is 2.44. The zero-order valence-corrected chi connectivity index (χ0v) is 16.7. The minimum Gasteiger partial charge on any atom is -0.493 e. The number of carbonyl (C=O) groups is 2. The molecule has 1 heterocycles. The van der Waals surface area contributed by atoms with Crippen LogP contribution in [0.15, 0.2) is 30.3 Å². The zero-order valence-electron chi connectivity index (χ0n) is 16.7. The molecule has 2 aliphatic rings. The van der Waals surface area contributed by atoms with Crippen molar-refractivity contribution >= 4 is 11.9 Å². The summed E-state index contributed by atoms with van der Waals surface area (Å²) in [6, 6.07) is 9.36. The van der Waals surface area contributed by atoms with Crippen molar-refractivity contribution in [2.75, 3.05) is 20.3 Å². The summed E-state index contributed by atoms with van der Waals surface area (Å²) < 4.78 is 21.9. The maximum absolute atomic E-state index is 12.1. The lowest BCUT2D eigenvalue weighted by atomic mass is 9.86. The normalized spacial score (nSPS) is 15.3. The Balaban J connectivity index is 1.57. The second-order valence-electron chi connectivity index (χ2n) is 7.51. The lowest BCUT2D eigenvalue weighted by Gasteiger charge is -2.24. The fourth-order valence-electron chi connectivity index (χ4n) is 3.63. The Morgan fingerprint density at radius 1 is 1.14 bits per heavy atom. The van der Waals surface area contributed by atoms with Gasteiger partial charge >= 0.3 is 11.9 Å². The molecule has 0 atom stereocenters. The van der Waals surface area contributed by atoms with E-state index in [2.05, 4.69) is 0 Å². The van der Waals surface area contributed by atoms with Crippen molar-refractivity contribution in [3.05, 3.63) is 47.0 Å². The highest BCUT2D eigenvalue weighted by molar-refractivity contribution is 5.94. The van der Waals surface area contributed by atoms with E-state index in [1.807, 2.05) is 31.2 Å². The molecule has 6 heteroatoms. The monoisotopic (exact) mass is 396 g/mol. The van der Waals surface area contributed by atoms with E-state index in [1.54, 1.807) is 13.2 Å².